The second-order valence-electron chi connectivity index (χ2n) is 13.1. The van der Waals surface area contributed by atoms with Crippen LogP contribution in [0.3, 0.4) is 0 Å². The Balaban J connectivity index is 0.000000290. The number of likely N-dealkylation sites (tertiary alicyclic amines) is 2. The largest absolute Gasteiger partial charge is 0.481 e. The quantitative estimate of drug-likeness (QED) is 0.298. The number of amides is 2. The molecular formula is C38H46N2O12S2. The average molecular weight is 787 g/mol. The third kappa shape index (κ3) is 11.5. The third-order valence-corrected chi connectivity index (χ3v) is 13.4. The summed E-state index contributed by atoms with van der Waals surface area (Å²) in [7, 11) is -7.62. The second-order valence-corrected chi connectivity index (χ2v) is 17.1. The molecule has 0 radical (unpaired) electrons. The molecule has 2 N–H and O–H groups in total. The van der Waals surface area contributed by atoms with E-state index in [-0.39, 0.29) is 86.7 Å². The molecule has 2 aromatic rings. The van der Waals surface area contributed by atoms with Crippen LogP contribution in [0.2, 0.25) is 0 Å². The zero-order valence-corrected chi connectivity index (χ0v) is 32.4. The maximum absolute atomic E-state index is 12.8. The molecule has 0 atom stereocenters. The molecule has 2 saturated heterocycles. The highest BCUT2D eigenvalue weighted by Gasteiger charge is 2.47. The monoisotopic (exact) mass is 786 g/mol. The van der Waals surface area contributed by atoms with E-state index in [4.69, 9.17) is 9.47 Å². The maximum atomic E-state index is 12.8. The van der Waals surface area contributed by atoms with Crippen LogP contribution in [0, 0.1) is 34.5 Å². The Labute approximate surface area is 316 Å². The normalized spacial score (nSPS) is 16.1. The van der Waals surface area contributed by atoms with Crippen molar-refractivity contribution in [2.75, 3.05) is 50.9 Å². The van der Waals surface area contributed by atoms with E-state index in [0.717, 1.165) is 0 Å². The topological polar surface area (TPSA) is 202 Å². The van der Waals surface area contributed by atoms with Crippen molar-refractivity contribution in [1.82, 2.24) is 9.80 Å². The van der Waals surface area contributed by atoms with Crippen molar-refractivity contribution in [2.45, 2.75) is 63.2 Å². The van der Waals surface area contributed by atoms with Crippen molar-refractivity contribution >= 4 is 43.4 Å². The first-order chi connectivity index (χ1) is 25.4. The Morgan fingerprint density at radius 1 is 0.611 bits per heavy atom. The summed E-state index contributed by atoms with van der Waals surface area (Å²) in [5.41, 5.74) is -2.78. The van der Waals surface area contributed by atoms with Gasteiger partial charge in [0.25, 0.3) is 0 Å². The van der Waals surface area contributed by atoms with Gasteiger partial charge in [0, 0.05) is 40.0 Å². The first-order valence-corrected chi connectivity index (χ1v) is 20.4. The third-order valence-electron chi connectivity index (χ3n) is 9.51. The number of aliphatic carboxylic acids is 2. The summed E-state index contributed by atoms with van der Waals surface area (Å²) in [5, 5.41) is 19.4. The number of rotatable bonds is 12. The number of nitrogens with zero attached hydrogens (tertiary/aromatic N) is 2. The lowest BCUT2D eigenvalue weighted by molar-refractivity contribution is -0.152. The van der Waals surface area contributed by atoms with E-state index in [9.17, 15) is 46.2 Å². The highest BCUT2D eigenvalue weighted by molar-refractivity contribution is 7.91. The molecule has 292 valence electrons. The van der Waals surface area contributed by atoms with Gasteiger partial charge in [-0.1, -0.05) is 11.8 Å². The minimum Gasteiger partial charge on any atom is -0.481 e. The van der Waals surface area contributed by atoms with E-state index in [1.165, 1.54) is 62.4 Å². The summed E-state index contributed by atoms with van der Waals surface area (Å²) in [6.07, 6.45) is 0.437. The number of carboxylic acid groups (broad SMARTS) is 2. The lowest BCUT2D eigenvalue weighted by Gasteiger charge is -2.38. The van der Waals surface area contributed by atoms with Crippen LogP contribution < -0.4 is 9.47 Å². The summed E-state index contributed by atoms with van der Waals surface area (Å²) in [5.74, 6) is 8.27. The predicted molar refractivity (Wildman–Crippen MR) is 198 cm³/mol. The first-order valence-electron chi connectivity index (χ1n) is 17.1. The number of hydrogen-bond donors (Lipinski definition) is 2. The Bertz CT molecular complexity index is 1860. The standard InChI is InChI=1S/2C19H23NO6S/c2*1-3-4-13-26-16-5-7-17(8-6-16)27(24,25)14-19(18(22)23)9-11-20(12-10-19)15(2)21/h2*5-8H,9-14H2,1-2H3,(H,22,23). The molecule has 2 aliphatic heterocycles. The number of carbonyl (C=O) groups is 4. The lowest BCUT2D eigenvalue weighted by atomic mass is 9.80. The highest BCUT2D eigenvalue weighted by atomic mass is 32.2. The molecule has 0 unspecified atom stereocenters. The first kappa shape index (κ1) is 43.3. The number of ether oxygens (including phenoxy) is 2. The molecule has 16 heteroatoms. The number of benzene rings is 2. The van der Waals surface area contributed by atoms with Crippen LogP contribution in [0.5, 0.6) is 11.5 Å². The molecule has 2 heterocycles. The van der Waals surface area contributed by atoms with Crippen molar-refractivity contribution < 1.29 is 55.7 Å². The lowest BCUT2D eigenvalue weighted by Crippen LogP contribution is -2.49. The summed E-state index contributed by atoms with van der Waals surface area (Å²) in [6, 6.07) is 11.7. The predicted octanol–water partition coefficient (Wildman–Crippen LogP) is 3.15. The maximum Gasteiger partial charge on any atom is 0.310 e. The van der Waals surface area contributed by atoms with Gasteiger partial charge in [-0.2, -0.15) is 0 Å². The van der Waals surface area contributed by atoms with E-state index < -0.39 is 53.9 Å². The molecule has 14 nitrogen and oxygen atoms in total. The van der Waals surface area contributed by atoms with Crippen LogP contribution in [0.4, 0.5) is 0 Å². The van der Waals surface area contributed by atoms with E-state index in [1.807, 2.05) is 0 Å². The van der Waals surface area contributed by atoms with Crippen LogP contribution in [0.25, 0.3) is 0 Å². The Morgan fingerprint density at radius 3 is 1.15 bits per heavy atom. The van der Waals surface area contributed by atoms with Gasteiger partial charge in [-0.15, -0.1) is 11.8 Å². The number of carbonyl (C=O) groups excluding carboxylic acids is 2. The fourth-order valence-electron chi connectivity index (χ4n) is 6.10. The summed E-state index contributed by atoms with van der Waals surface area (Å²) < 4.78 is 61.9. The number of carboxylic acids is 2. The van der Waals surface area contributed by atoms with Crippen LogP contribution in [-0.4, -0.2) is 111 Å². The van der Waals surface area contributed by atoms with E-state index >= 15 is 0 Å². The van der Waals surface area contributed by atoms with Gasteiger partial charge in [-0.05, 0) is 88.1 Å². The fraction of sp³-hybridized carbons (Fsp3) is 0.474. The average Bonchev–Trinajstić information content (AvgIpc) is 3.12. The molecule has 4 rings (SSSR count). The Hall–Kier alpha value is -5.06. The van der Waals surface area contributed by atoms with Crippen molar-refractivity contribution in [1.29, 1.82) is 0 Å². The number of piperidine rings is 2. The van der Waals surface area contributed by atoms with Gasteiger partial charge >= 0.3 is 11.9 Å². The van der Waals surface area contributed by atoms with Crippen molar-refractivity contribution in [3.63, 3.8) is 0 Å². The van der Waals surface area contributed by atoms with E-state index in [1.54, 1.807) is 23.6 Å². The molecule has 2 aromatic carbocycles. The minimum atomic E-state index is -3.81. The Kier molecular flexibility index (Phi) is 15.1. The van der Waals surface area contributed by atoms with Crippen LogP contribution in [0.1, 0.15) is 53.4 Å². The molecule has 0 aliphatic carbocycles. The summed E-state index contributed by atoms with van der Waals surface area (Å²) >= 11 is 0. The van der Waals surface area contributed by atoms with Crippen LogP contribution in [-0.2, 0) is 38.9 Å². The molecule has 2 fully saturated rings. The SMILES string of the molecule is CC#CCOc1ccc(S(=O)(=O)CC2(C(=O)O)CCN(C(C)=O)CC2)cc1.CC#CCOc1ccc(S(=O)(=O)CC2(C(=O)O)CCN(C(C)=O)CC2)cc1. The van der Waals surface area contributed by atoms with Gasteiger partial charge in [-0.25, -0.2) is 16.8 Å². The Morgan fingerprint density at radius 2 is 0.907 bits per heavy atom. The molecule has 0 bridgehead atoms. The van der Waals surface area contributed by atoms with Gasteiger partial charge in [0.05, 0.1) is 32.1 Å². The summed E-state index contributed by atoms with van der Waals surface area (Å²) in [4.78, 5) is 49.8. The van der Waals surface area contributed by atoms with Gasteiger partial charge in [0.2, 0.25) is 11.8 Å². The zero-order valence-electron chi connectivity index (χ0n) is 30.8. The van der Waals surface area contributed by atoms with Gasteiger partial charge < -0.3 is 29.5 Å². The smallest absolute Gasteiger partial charge is 0.310 e. The molecule has 0 saturated carbocycles. The van der Waals surface area contributed by atoms with Gasteiger partial charge in [0.15, 0.2) is 19.7 Å². The second kappa shape index (κ2) is 18.8. The van der Waals surface area contributed by atoms with Gasteiger partial charge in [0.1, 0.15) is 24.7 Å². The van der Waals surface area contributed by atoms with E-state index in [0.29, 0.717) is 11.5 Å². The molecule has 2 aliphatic rings. The van der Waals surface area contributed by atoms with Crippen LogP contribution >= 0.6 is 0 Å². The zero-order chi connectivity index (χ0) is 40.2. The summed E-state index contributed by atoms with van der Waals surface area (Å²) in [6.45, 7) is 7.58. The number of hydrogen-bond acceptors (Lipinski definition) is 10. The molecule has 54 heavy (non-hydrogen) atoms. The van der Waals surface area contributed by atoms with Crippen molar-refractivity contribution in [2.24, 2.45) is 10.8 Å². The van der Waals surface area contributed by atoms with Gasteiger partial charge in [-0.3, -0.25) is 19.2 Å². The molecular weight excluding hydrogens is 741 g/mol. The molecule has 0 aromatic heterocycles. The number of sulfone groups is 2. The molecule has 2 amide bonds. The van der Waals surface area contributed by atoms with Crippen molar-refractivity contribution in [3.05, 3.63) is 48.5 Å². The highest BCUT2D eigenvalue weighted by Crippen LogP contribution is 2.37. The van der Waals surface area contributed by atoms with Crippen molar-refractivity contribution in [3.8, 4) is 35.2 Å². The van der Waals surface area contributed by atoms with Crippen LogP contribution in [0.15, 0.2) is 58.3 Å². The van der Waals surface area contributed by atoms with E-state index in [2.05, 4.69) is 23.7 Å². The fourth-order valence-corrected chi connectivity index (χ4v) is 9.82. The minimum absolute atomic E-state index is 0.0473. The molecule has 0 spiro atoms.